The Morgan fingerprint density at radius 2 is 1.89 bits per heavy atom. The first kappa shape index (κ1) is 17.7. The van der Waals surface area contributed by atoms with Crippen molar-refractivity contribution in [1.29, 1.82) is 0 Å². The first-order chi connectivity index (χ1) is 13.7. The van der Waals surface area contributed by atoms with E-state index in [0.29, 0.717) is 5.82 Å². The van der Waals surface area contributed by atoms with Gasteiger partial charge in [0.25, 0.3) is 0 Å². The van der Waals surface area contributed by atoms with Crippen molar-refractivity contribution in [3.63, 3.8) is 0 Å². The monoisotopic (exact) mass is 412 g/mol. The molecule has 1 aliphatic heterocycles. The van der Waals surface area contributed by atoms with Crippen molar-refractivity contribution in [3.8, 4) is 5.88 Å². The number of hydrogen-bond acceptors (Lipinski definition) is 6. The van der Waals surface area contributed by atoms with Gasteiger partial charge >= 0.3 is 0 Å². The number of thiophene rings is 1. The zero-order valence-corrected chi connectivity index (χ0v) is 17.2. The number of aryl methyl sites for hydroxylation is 1. The number of aromatic nitrogens is 3. The molecule has 1 aliphatic rings. The molecule has 5 rings (SSSR count). The lowest BCUT2D eigenvalue weighted by Crippen LogP contribution is -3.15. The van der Waals surface area contributed by atoms with E-state index in [-0.39, 0.29) is 11.9 Å². The summed E-state index contributed by atoms with van der Waals surface area (Å²) in [6, 6.07) is 15.0. The highest BCUT2D eigenvalue weighted by atomic mass is 32.1. The van der Waals surface area contributed by atoms with Crippen LogP contribution in [0.15, 0.2) is 47.8 Å². The molecule has 1 atom stereocenters. The second kappa shape index (κ2) is 7.20. The molecule has 3 aromatic heterocycles. The molecule has 0 radical (unpaired) electrons. The molecular weight excluding hydrogens is 390 g/mol. The molecule has 4 heterocycles. The third-order valence-corrected chi connectivity index (χ3v) is 7.35. The van der Waals surface area contributed by atoms with Crippen molar-refractivity contribution >= 4 is 33.3 Å². The Morgan fingerprint density at radius 1 is 1.11 bits per heavy atom. The Morgan fingerprint density at radius 3 is 2.57 bits per heavy atom. The number of thiazole rings is 1. The van der Waals surface area contributed by atoms with Crippen LogP contribution in [-0.4, -0.2) is 45.9 Å². The molecule has 28 heavy (non-hydrogen) atoms. The normalized spacial score (nSPS) is 16.7. The molecule has 2 N–H and O–H groups in total. The smallest absolute Gasteiger partial charge is 0.235 e. The summed E-state index contributed by atoms with van der Waals surface area (Å²) in [5, 5.41) is 17.3. The van der Waals surface area contributed by atoms with Crippen LogP contribution in [0.2, 0.25) is 0 Å². The molecule has 0 aliphatic carbocycles. The van der Waals surface area contributed by atoms with Crippen molar-refractivity contribution in [2.24, 2.45) is 0 Å². The molecule has 1 fully saturated rings. The number of nitrogens with one attached hydrogen (secondary N) is 1. The molecule has 1 saturated heterocycles. The highest BCUT2D eigenvalue weighted by Gasteiger charge is 2.35. The quantitative estimate of drug-likeness (QED) is 0.540. The molecule has 0 saturated carbocycles. The first-order valence-corrected chi connectivity index (χ1v) is 11.1. The third kappa shape index (κ3) is 3.07. The van der Waals surface area contributed by atoms with E-state index >= 15 is 0 Å². The van der Waals surface area contributed by atoms with E-state index in [1.54, 1.807) is 27.2 Å². The number of piperazine rings is 1. The van der Waals surface area contributed by atoms with Crippen LogP contribution in [-0.2, 0) is 0 Å². The predicted molar refractivity (Wildman–Crippen MR) is 113 cm³/mol. The van der Waals surface area contributed by atoms with Crippen LogP contribution < -0.4 is 9.80 Å². The number of hydrogen-bond donors (Lipinski definition) is 2. The lowest BCUT2D eigenvalue weighted by atomic mass is 10.1. The Balaban J connectivity index is 1.45. The molecule has 0 spiro atoms. The second-order valence-electron chi connectivity index (χ2n) is 7.07. The average molecular weight is 413 g/mol. The zero-order chi connectivity index (χ0) is 19.1. The molecule has 0 amide bonds. The molecule has 144 valence electrons. The minimum atomic E-state index is 0.117. The van der Waals surface area contributed by atoms with Crippen molar-refractivity contribution in [2.45, 2.75) is 13.0 Å². The Hall–Kier alpha value is -2.42. The van der Waals surface area contributed by atoms with E-state index < -0.39 is 0 Å². The molecule has 1 aromatic carbocycles. The Bertz CT molecular complexity index is 1070. The van der Waals surface area contributed by atoms with Crippen molar-refractivity contribution in [3.05, 3.63) is 63.4 Å². The summed E-state index contributed by atoms with van der Waals surface area (Å²) in [6.45, 7) is 5.89. The summed E-state index contributed by atoms with van der Waals surface area (Å²) in [7, 11) is 0. The van der Waals surface area contributed by atoms with Crippen LogP contribution in [0, 0.1) is 6.92 Å². The highest BCUT2D eigenvalue weighted by Crippen LogP contribution is 2.36. The lowest BCUT2D eigenvalue weighted by Gasteiger charge is -2.37. The average Bonchev–Trinajstić information content (AvgIpc) is 3.43. The van der Waals surface area contributed by atoms with E-state index in [1.165, 1.54) is 15.5 Å². The number of aromatic hydroxyl groups is 1. The third-order valence-electron chi connectivity index (χ3n) is 5.33. The van der Waals surface area contributed by atoms with Gasteiger partial charge in [-0.05, 0) is 30.5 Å². The molecule has 0 unspecified atom stereocenters. The van der Waals surface area contributed by atoms with Gasteiger partial charge in [0.2, 0.25) is 10.8 Å². The minimum absolute atomic E-state index is 0.117. The van der Waals surface area contributed by atoms with Gasteiger partial charge in [0.15, 0.2) is 6.04 Å². The Kier molecular flexibility index (Phi) is 4.54. The van der Waals surface area contributed by atoms with Crippen LogP contribution in [0.3, 0.4) is 0 Å². The van der Waals surface area contributed by atoms with Gasteiger partial charge in [0.1, 0.15) is 10.7 Å². The van der Waals surface area contributed by atoms with Crippen molar-refractivity contribution in [1.82, 2.24) is 14.6 Å². The van der Waals surface area contributed by atoms with Gasteiger partial charge in [-0.25, -0.2) is 4.98 Å². The highest BCUT2D eigenvalue weighted by molar-refractivity contribution is 7.17. The van der Waals surface area contributed by atoms with Gasteiger partial charge in [0, 0.05) is 5.69 Å². The predicted octanol–water partition coefficient (Wildman–Crippen LogP) is 2.36. The summed E-state index contributed by atoms with van der Waals surface area (Å²) in [5.41, 5.74) is 1.28. The van der Waals surface area contributed by atoms with Crippen molar-refractivity contribution < 1.29 is 10.0 Å². The van der Waals surface area contributed by atoms with Crippen LogP contribution >= 0.6 is 22.7 Å². The number of nitrogens with zero attached hydrogens (tertiary/aromatic N) is 4. The molecular formula is C20H22N5OS2+. The fraction of sp³-hybridized carbons (Fsp3) is 0.300. The van der Waals surface area contributed by atoms with E-state index in [9.17, 15) is 5.11 Å². The molecule has 8 heteroatoms. The molecule has 4 aromatic rings. The van der Waals surface area contributed by atoms with E-state index in [0.717, 1.165) is 36.0 Å². The van der Waals surface area contributed by atoms with Gasteiger partial charge in [-0.2, -0.15) is 4.52 Å². The zero-order valence-electron chi connectivity index (χ0n) is 15.6. The maximum absolute atomic E-state index is 10.9. The van der Waals surface area contributed by atoms with E-state index in [4.69, 9.17) is 0 Å². The lowest BCUT2D eigenvalue weighted by molar-refractivity contribution is -0.925. The van der Waals surface area contributed by atoms with Gasteiger partial charge in [-0.1, -0.05) is 35.6 Å². The van der Waals surface area contributed by atoms with Crippen molar-refractivity contribution in [2.75, 3.05) is 31.1 Å². The standard InChI is InChI=1S/C20H21N5OS2/c1-14-21-20-25(22-14)19(26)18(28-20)17(16-8-5-13-27-16)24-11-9-23(10-12-24)15-6-3-2-4-7-15/h2-8,13,17,26H,9-12H2,1H3/p+1/t17-/m1/s1. The number of rotatable bonds is 4. The van der Waals surface area contributed by atoms with Crippen LogP contribution in [0.25, 0.3) is 4.96 Å². The topological polar surface area (TPSA) is 58.1 Å². The van der Waals surface area contributed by atoms with Crippen LogP contribution in [0.4, 0.5) is 5.69 Å². The molecule has 6 nitrogen and oxygen atoms in total. The maximum Gasteiger partial charge on any atom is 0.235 e. The minimum Gasteiger partial charge on any atom is -0.492 e. The SMILES string of the molecule is Cc1nc2sc([C@@H](c3cccs3)[NH+]3CCN(c4ccccc4)CC3)c(O)n2n1. The number of anilines is 1. The summed E-state index contributed by atoms with van der Waals surface area (Å²) in [6.07, 6.45) is 0. The van der Waals surface area contributed by atoms with Gasteiger partial charge < -0.3 is 14.9 Å². The largest absolute Gasteiger partial charge is 0.492 e. The van der Waals surface area contributed by atoms with Gasteiger partial charge in [0.05, 0.1) is 31.1 Å². The maximum atomic E-state index is 10.9. The number of quaternary nitrogens is 1. The van der Waals surface area contributed by atoms with Gasteiger partial charge in [-0.15, -0.1) is 16.4 Å². The summed E-state index contributed by atoms with van der Waals surface area (Å²) in [4.78, 5) is 11.4. The van der Waals surface area contributed by atoms with Gasteiger partial charge in [-0.3, -0.25) is 0 Å². The number of benzene rings is 1. The van der Waals surface area contributed by atoms with E-state index in [2.05, 4.69) is 62.8 Å². The van der Waals surface area contributed by atoms with Crippen LogP contribution in [0.5, 0.6) is 5.88 Å². The number of fused-ring (bicyclic) bond motifs is 1. The fourth-order valence-electron chi connectivity index (χ4n) is 3.99. The second-order valence-corrected chi connectivity index (χ2v) is 9.06. The van der Waals surface area contributed by atoms with Crippen LogP contribution in [0.1, 0.15) is 21.6 Å². The summed E-state index contributed by atoms with van der Waals surface area (Å²) in [5.74, 6) is 0.918. The summed E-state index contributed by atoms with van der Waals surface area (Å²) >= 11 is 3.31. The summed E-state index contributed by atoms with van der Waals surface area (Å²) < 4.78 is 1.58. The first-order valence-electron chi connectivity index (χ1n) is 9.43. The molecule has 0 bridgehead atoms. The Labute approximate surface area is 171 Å². The fourth-order valence-corrected chi connectivity index (χ4v) is 6.13. The van der Waals surface area contributed by atoms with E-state index in [1.807, 2.05) is 6.92 Å². The number of para-hydroxylation sites is 1.